The summed E-state index contributed by atoms with van der Waals surface area (Å²) in [5.41, 5.74) is 9.20. The van der Waals surface area contributed by atoms with Gasteiger partial charge in [-0.15, -0.1) is 0 Å². The van der Waals surface area contributed by atoms with Gasteiger partial charge in [0.2, 0.25) is 0 Å². The maximum absolute atomic E-state index is 6.09. The minimum absolute atomic E-state index is 0.119. The van der Waals surface area contributed by atoms with Gasteiger partial charge in [0, 0.05) is 36.8 Å². The first kappa shape index (κ1) is 18.2. The number of nitrogens with two attached hydrogens (primary N) is 1. The largest absolute Gasteiger partial charge is 0.488 e. The van der Waals surface area contributed by atoms with E-state index in [1.165, 1.54) is 0 Å². The van der Waals surface area contributed by atoms with E-state index in [1.807, 2.05) is 30.3 Å². The summed E-state index contributed by atoms with van der Waals surface area (Å²) in [5.74, 6) is 1.29. The minimum atomic E-state index is 0.119. The maximum atomic E-state index is 6.09. The lowest BCUT2D eigenvalue weighted by atomic mass is 10.1. The van der Waals surface area contributed by atoms with Gasteiger partial charge in [0.1, 0.15) is 11.9 Å². The van der Waals surface area contributed by atoms with Crippen molar-refractivity contribution < 1.29 is 9.47 Å². The van der Waals surface area contributed by atoms with Crippen LogP contribution in [-0.2, 0) is 17.7 Å². The SMILES string of the molecule is Cc1ccc(CN=C(N)NCCc2ccccn2)c(OC2CCOC2)c1. The summed E-state index contributed by atoms with van der Waals surface area (Å²) < 4.78 is 11.5. The van der Waals surface area contributed by atoms with Crippen LogP contribution in [0.25, 0.3) is 0 Å². The molecule has 2 aromatic rings. The highest BCUT2D eigenvalue weighted by molar-refractivity contribution is 5.77. The van der Waals surface area contributed by atoms with Crippen molar-refractivity contribution in [1.82, 2.24) is 10.3 Å². The second-order valence-electron chi connectivity index (χ2n) is 6.41. The molecule has 0 radical (unpaired) electrons. The lowest BCUT2D eigenvalue weighted by molar-refractivity contribution is 0.140. The summed E-state index contributed by atoms with van der Waals surface area (Å²) in [5, 5.41) is 3.13. The lowest BCUT2D eigenvalue weighted by Gasteiger charge is -2.15. The summed E-state index contributed by atoms with van der Waals surface area (Å²) in [6.07, 6.45) is 3.64. The number of aromatic nitrogens is 1. The van der Waals surface area contributed by atoms with Crippen molar-refractivity contribution in [3.05, 3.63) is 59.4 Å². The highest BCUT2D eigenvalue weighted by Gasteiger charge is 2.18. The molecule has 0 amide bonds. The van der Waals surface area contributed by atoms with E-state index in [0.717, 1.165) is 42.0 Å². The first-order valence-electron chi connectivity index (χ1n) is 8.98. The Morgan fingerprint density at radius 3 is 3.08 bits per heavy atom. The molecule has 0 saturated carbocycles. The number of benzene rings is 1. The van der Waals surface area contributed by atoms with Gasteiger partial charge in [-0.25, -0.2) is 4.99 Å². The van der Waals surface area contributed by atoms with Crippen LogP contribution in [0, 0.1) is 6.92 Å². The van der Waals surface area contributed by atoms with Crippen molar-refractivity contribution in [2.24, 2.45) is 10.7 Å². The van der Waals surface area contributed by atoms with Crippen LogP contribution in [0.4, 0.5) is 0 Å². The second-order valence-corrected chi connectivity index (χ2v) is 6.41. The highest BCUT2D eigenvalue weighted by Crippen LogP contribution is 2.24. The third kappa shape index (κ3) is 5.46. The second kappa shape index (κ2) is 9.20. The molecule has 2 heterocycles. The Bertz CT molecular complexity index is 728. The molecule has 0 bridgehead atoms. The van der Waals surface area contributed by atoms with Gasteiger partial charge in [-0.3, -0.25) is 4.98 Å². The van der Waals surface area contributed by atoms with Crippen LogP contribution in [0.1, 0.15) is 23.2 Å². The first-order chi connectivity index (χ1) is 12.7. The topological polar surface area (TPSA) is 81.8 Å². The number of rotatable bonds is 7. The zero-order valence-electron chi connectivity index (χ0n) is 15.1. The number of hydrogen-bond donors (Lipinski definition) is 2. The summed E-state index contributed by atoms with van der Waals surface area (Å²) in [7, 11) is 0. The van der Waals surface area contributed by atoms with Gasteiger partial charge in [-0.2, -0.15) is 0 Å². The number of ether oxygens (including phenoxy) is 2. The Morgan fingerprint density at radius 2 is 2.31 bits per heavy atom. The summed E-state index contributed by atoms with van der Waals surface area (Å²) >= 11 is 0. The molecule has 6 heteroatoms. The predicted octanol–water partition coefficient (Wildman–Crippen LogP) is 2.20. The van der Waals surface area contributed by atoms with Crippen molar-refractivity contribution in [2.75, 3.05) is 19.8 Å². The molecule has 1 aromatic carbocycles. The third-order valence-corrected chi connectivity index (χ3v) is 4.24. The molecule has 1 aliphatic heterocycles. The summed E-state index contributed by atoms with van der Waals surface area (Å²) in [4.78, 5) is 8.73. The average Bonchev–Trinajstić information content (AvgIpc) is 3.15. The van der Waals surface area contributed by atoms with Gasteiger partial charge in [0.15, 0.2) is 5.96 Å². The van der Waals surface area contributed by atoms with Crippen LogP contribution in [-0.4, -0.2) is 36.8 Å². The highest BCUT2D eigenvalue weighted by atomic mass is 16.5. The molecular formula is C20H26N4O2. The molecule has 1 aromatic heterocycles. The number of pyridine rings is 1. The normalized spacial score (nSPS) is 17.3. The van der Waals surface area contributed by atoms with E-state index in [4.69, 9.17) is 15.2 Å². The van der Waals surface area contributed by atoms with Crippen LogP contribution >= 0.6 is 0 Å². The molecule has 1 fully saturated rings. The molecule has 26 heavy (non-hydrogen) atoms. The summed E-state index contributed by atoms with van der Waals surface area (Å²) in [6, 6.07) is 12.0. The van der Waals surface area contributed by atoms with Gasteiger partial charge >= 0.3 is 0 Å². The monoisotopic (exact) mass is 354 g/mol. The molecule has 1 aliphatic rings. The van der Waals surface area contributed by atoms with E-state index in [1.54, 1.807) is 6.20 Å². The molecule has 3 N–H and O–H groups in total. The number of guanidine groups is 1. The number of nitrogens with zero attached hydrogens (tertiary/aromatic N) is 2. The van der Waals surface area contributed by atoms with Crippen LogP contribution in [0.3, 0.4) is 0 Å². The Morgan fingerprint density at radius 1 is 1.38 bits per heavy atom. The number of hydrogen-bond acceptors (Lipinski definition) is 4. The van der Waals surface area contributed by atoms with E-state index in [9.17, 15) is 0 Å². The Hall–Kier alpha value is -2.60. The van der Waals surface area contributed by atoms with E-state index >= 15 is 0 Å². The van der Waals surface area contributed by atoms with Crippen molar-refractivity contribution in [1.29, 1.82) is 0 Å². The molecular weight excluding hydrogens is 328 g/mol. The fraction of sp³-hybridized carbons (Fsp3) is 0.400. The van der Waals surface area contributed by atoms with Crippen LogP contribution in [0.15, 0.2) is 47.6 Å². The molecule has 1 atom stereocenters. The Kier molecular flexibility index (Phi) is 6.44. The van der Waals surface area contributed by atoms with Crippen molar-refractivity contribution in [3.63, 3.8) is 0 Å². The third-order valence-electron chi connectivity index (χ3n) is 4.24. The molecule has 138 valence electrons. The van der Waals surface area contributed by atoms with E-state index < -0.39 is 0 Å². The first-order valence-corrected chi connectivity index (χ1v) is 8.98. The number of aliphatic imine (C=N–C) groups is 1. The Balaban J connectivity index is 1.54. The van der Waals surface area contributed by atoms with Gasteiger partial charge in [-0.1, -0.05) is 18.2 Å². The van der Waals surface area contributed by atoms with E-state index in [-0.39, 0.29) is 6.10 Å². The molecule has 0 spiro atoms. The van der Waals surface area contributed by atoms with E-state index in [0.29, 0.717) is 25.7 Å². The molecule has 1 saturated heterocycles. The van der Waals surface area contributed by atoms with Crippen molar-refractivity contribution in [2.45, 2.75) is 32.4 Å². The van der Waals surface area contributed by atoms with Crippen LogP contribution in [0.2, 0.25) is 0 Å². The Labute approximate surface area is 154 Å². The standard InChI is InChI=1S/C20H26N4O2/c1-15-5-6-16(19(12-15)26-18-8-11-25-14-18)13-24-20(21)23-10-7-17-4-2-3-9-22-17/h2-6,9,12,18H,7-8,10-11,13-14H2,1H3,(H3,21,23,24). The molecule has 6 nitrogen and oxygen atoms in total. The molecule has 1 unspecified atom stereocenters. The fourth-order valence-electron chi connectivity index (χ4n) is 2.78. The van der Waals surface area contributed by atoms with Crippen molar-refractivity contribution in [3.8, 4) is 5.75 Å². The van der Waals surface area contributed by atoms with Gasteiger partial charge < -0.3 is 20.5 Å². The molecule has 3 rings (SSSR count). The quantitative estimate of drug-likeness (QED) is 0.588. The van der Waals surface area contributed by atoms with Gasteiger partial charge in [0.05, 0.1) is 19.8 Å². The average molecular weight is 354 g/mol. The predicted molar refractivity (Wildman–Crippen MR) is 102 cm³/mol. The van der Waals surface area contributed by atoms with Crippen LogP contribution in [0.5, 0.6) is 5.75 Å². The number of aryl methyl sites for hydroxylation is 1. The molecule has 0 aliphatic carbocycles. The van der Waals surface area contributed by atoms with Gasteiger partial charge in [-0.05, 0) is 30.7 Å². The van der Waals surface area contributed by atoms with Crippen LogP contribution < -0.4 is 15.8 Å². The lowest BCUT2D eigenvalue weighted by Crippen LogP contribution is -2.33. The summed E-state index contributed by atoms with van der Waals surface area (Å²) in [6.45, 7) is 4.64. The minimum Gasteiger partial charge on any atom is -0.488 e. The van der Waals surface area contributed by atoms with E-state index in [2.05, 4.69) is 28.3 Å². The van der Waals surface area contributed by atoms with Gasteiger partial charge in [0.25, 0.3) is 0 Å². The smallest absolute Gasteiger partial charge is 0.188 e. The maximum Gasteiger partial charge on any atom is 0.188 e. The number of nitrogens with one attached hydrogen (secondary N) is 1. The zero-order chi connectivity index (χ0) is 18.2. The fourth-order valence-corrected chi connectivity index (χ4v) is 2.78. The van der Waals surface area contributed by atoms with Crippen molar-refractivity contribution >= 4 is 5.96 Å². The zero-order valence-corrected chi connectivity index (χ0v) is 15.1.